The molecule has 0 radical (unpaired) electrons. The van der Waals surface area contributed by atoms with Gasteiger partial charge in [-0.3, -0.25) is 14.4 Å². The summed E-state index contributed by atoms with van der Waals surface area (Å²) in [5.41, 5.74) is 0. The number of nitrogens with zero attached hydrogens (tertiary/aromatic N) is 3. The van der Waals surface area contributed by atoms with Gasteiger partial charge in [0, 0.05) is 45.7 Å². The average molecular weight is 475 g/mol. The molecule has 2 aliphatic rings. The van der Waals surface area contributed by atoms with E-state index in [0.717, 1.165) is 25.8 Å². The van der Waals surface area contributed by atoms with Crippen LogP contribution in [-0.4, -0.2) is 83.8 Å². The summed E-state index contributed by atoms with van der Waals surface area (Å²) in [4.78, 5) is 45.1. The van der Waals surface area contributed by atoms with Crippen molar-refractivity contribution in [2.75, 3.05) is 39.3 Å². The van der Waals surface area contributed by atoms with Crippen molar-refractivity contribution >= 4 is 17.7 Å². The third kappa shape index (κ3) is 7.97. The number of carbonyl (C=O) groups excluding carboxylic acids is 3. The van der Waals surface area contributed by atoms with Crippen molar-refractivity contribution in [1.29, 1.82) is 0 Å². The van der Waals surface area contributed by atoms with Gasteiger partial charge < -0.3 is 20.0 Å². The average Bonchev–Trinajstić information content (AvgIpc) is 2.78. The van der Waals surface area contributed by atoms with Gasteiger partial charge in [-0.2, -0.15) is 0 Å². The molecule has 1 unspecified atom stereocenters. The fourth-order valence-corrected chi connectivity index (χ4v) is 5.06. The van der Waals surface area contributed by atoms with Gasteiger partial charge in [0.25, 0.3) is 0 Å². The minimum atomic E-state index is -0.405. The Bertz CT molecular complexity index is 703. The SMILES string of the molecule is C=CCN(CC=C)C(=O)CC1CCN(C(=O)C(CC(C)C)N2CCN[C@@H](CC(C)C)C2=O)CC1. The first-order valence-electron chi connectivity index (χ1n) is 13.0. The highest BCUT2D eigenvalue weighted by molar-refractivity contribution is 5.90. The molecule has 34 heavy (non-hydrogen) atoms. The first kappa shape index (κ1) is 28.1. The molecular weight excluding hydrogens is 428 g/mol. The van der Waals surface area contributed by atoms with Crippen LogP contribution >= 0.6 is 0 Å². The van der Waals surface area contributed by atoms with Crippen LogP contribution in [0.25, 0.3) is 0 Å². The zero-order chi connectivity index (χ0) is 25.3. The quantitative estimate of drug-likeness (QED) is 0.441. The van der Waals surface area contributed by atoms with E-state index >= 15 is 0 Å². The van der Waals surface area contributed by atoms with Crippen molar-refractivity contribution in [3.63, 3.8) is 0 Å². The monoisotopic (exact) mass is 474 g/mol. The van der Waals surface area contributed by atoms with Gasteiger partial charge in [-0.15, -0.1) is 13.2 Å². The van der Waals surface area contributed by atoms with Crippen molar-refractivity contribution in [2.24, 2.45) is 17.8 Å². The van der Waals surface area contributed by atoms with E-state index in [-0.39, 0.29) is 29.7 Å². The highest BCUT2D eigenvalue weighted by atomic mass is 16.2. The topological polar surface area (TPSA) is 73.0 Å². The second-order valence-electron chi connectivity index (χ2n) is 10.7. The minimum Gasteiger partial charge on any atom is -0.341 e. The molecule has 2 rings (SSSR count). The van der Waals surface area contributed by atoms with Crippen molar-refractivity contribution < 1.29 is 14.4 Å². The van der Waals surface area contributed by atoms with E-state index in [0.29, 0.717) is 57.4 Å². The molecule has 0 bridgehead atoms. The van der Waals surface area contributed by atoms with Gasteiger partial charge in [-0.05, 0) is 43.4 Å². The Balaban J connectivity index is 2.00. The lowest BCUT2D eigenvalue weighted by molar-refractivity contribution is -0.150. The summed E-state index contributed by atoms with van der Waals surface area (Å²) in [5, 5.41) is 3.34. The van der Waals surface area contributed by atoms with Gasteiger partial charge >= 0.3 is 0 Å². The van der Waals surface area contributed by atoms with E-state index in [1.807, 2.05) is 9.80 Å². The molecule has 0 aromatic heterocycles. The van der Waals surface area contributed by atoms with Crippen LogP contribution in [-0.2, 0) is 14.4 Å². The second kappa shape index (κ2) is 13.7. The van der Waals surface area contributed by atoms with E-state index in [1.165, 1.54) is 0 Å². The molecule has 7 heteroatoms. The number of piperidine rings is 1. The van der Waals surface area contributed by atoms with Crippen molar-refractivity contribution in [1.82, 2.24) is 20.0 Å². The minimum absolute atomic E-state index is 0.0592. The van der Waals surface area contributed by atoms with Gasteiger partial charge in [-0.1, -0.05) is 39.8 Å². The van der Waals surface area contributed by atoms with Crippen molar-refractivity contribution in [2.45, 2.75) is 71.9 Å². The van der Waals surface area contributed by atoms with E-state index < -0.39 is 6.04 Å². The zero-order valence-corrected chi connectivity index (χ0v) is 21.8. The lowest BCUT2D eigenvalue weighted by Gasteiger charge is -2.42. The molecule has 0 spiro atoms. The highest BCUT2D eigenvalue weighted by Crippen LogP contribution is 2.25. The molecule has 0 saturated carbocycles. The molecule has 0 aromatic rings. The molecule has 0 aromatic carbocycles. The maximum atomic E-state index is 13.6. The number of amides is 3. The fraction of sp³-hybridized carbons (Fsp3) is 0.741. The molecule has 2 aliphatic heterocycles. The molecule has 2 saturated heterocycles. The molecule has 192 valence electrons. The number of likely N-dealkylation sites (tertiary alicyclic amines) is 1. The summed E-state index contributed by atoms with van der Waals surface area (Å²) >= 11 is 0. The summed E-state index contributed by atoms with van der Waals surface area (Å²) < 4.78 is 0. The smallest absolute Gasteiger partial charge is 0.245 e. The van der Waals surface area contributed by atoms with E-state index in [4.69, 9.17) is 0 Å². The largest absolute Gasteiger partial charge is 0.341 e. The molecule has 3 amide bonds. The third-order valence-electron chi connectivity index (χ3n) is 6.83. The summed E-state index contributed by atoms with van der Waals surface area (Å²) in [6, 6.07) is -0.611. The van der Waals surface area contributed by atoms with Crippen LogP contribution in [0.4, 0.5) is 0 Å². The second-order valence-corrected chi connectivity index (χ2v) is 10.7. The summed E-state index contributed by atoms with van der Waals surface area (Å²) in [6.07, 6.45) is 7.05. The van der Waals surface area contributed by atoms with Crippen LogP contribution in [0.5, 0.6) is 0 Å². The molecule has 2 atom stereocenters. The predicted octanol–water partition coefficient (Wildman–Crippen LogP) is 3.08. The van der Waals surface area contributed by atoms with Gasteiger partial charge in [-0.25, -0.2) is 0 Å². The van der Waals surface area contributed by atoms with E-state index in [9.17, 15) is 14.4 Å². The molecule has 2 fully saturated rings. The van der Waals surface area contributed by atoms with Crippen LogP contribution in [0.1, 0.15) is 59.8 Å². The number of rotatable bonds is 12. The number of carbonyl (C=O) groups is 3. The zero-order valence-electron chi connectivity index (χ0n) is 21.8. The Hall–Kier alpha value is -2.15. The lowest BCUT2D eigenvalue weighted by Crippen LogP contribution is -2.62. The van der Waals surface area contributed by atoms with Gasteiger partial charge in [0.15, 0.2) is 0 Å². The standard InChI is InChI=1S/C27H46N4O3/c1-7-12-29(13-8-2)25(32)19-22-9-14-30(15-10-22)27(34)24(18-21(5)6)31-16-11-28-23(26(31)33)17-20(3)4/h7-8,20-24,28H,1-2,9-19H2,3-6H3/t23-,24?/m0/s1. The van der Waals surface area contributed by atoms with Crippen LogP contribution in [0.3, 0.4) is 0 Å². The van der Waals surface area contributed by atoms with Crippen molar-refractivity contribution in [3.05, 3.63) is 25.3 Å². The first-order valence-corrected chi connectivity index (χ1v) is 13.0. The summed E-state index contributed by atoms with van der Waals surface area (Å²) in [5.74, 6) is 1.24. The summed E-state index contributed by atoms with van der Waals surface area (Å²) in [6.45, 7) is 19.6. The molecule has 0 aliphatic carbocycles. The third-order valence-corrected chi connectivity index (χ3v) is 6.83. The van der Waals surface area contributed by atoms with Crippen LogP contribution in [0, 0.1) is 17.8 Å². The Morgan fingerprint density at radius 3 is 2.21 bits per heavy atom. The number of piperazine rings is 1. The Morgan fingerprint density at radius 1 is 1.06 bits per heavy atom. The first-order chi connectivity index (χ1) is 16.2. The highest BCUT2D eigenvalue weighted by Gasteiger charge is 2.39. The predicted molar refractivity (Wildman–Crippen MR) is 137 cm³/mol. The van der Waals surface area contributed by atoms with Crippen LogP contribution in [0.2, 0.25) is 0 Å². The van der Waals surface area contributed by atoms with Crippen LogP contribution < -0.4 is 5.32 Å². The fourth-order valence-electron chi connectivity index (χ4n) is 5.06. The number of hydrogen-bond donors (Lipinski definition) is 1. The van der Waals surface area contributed by atoms with Crippen LogP contribution in [0.15, 0.2) is 25.3 Å². The van der Waals surface area contributed by atoms with Crippen molar-refractivity contribution in [3.8, 4) is 0 Å². The Morgan fingerprint density at radius 2 is 1.68 bits per heavy atom. The van der Waals surface area contributed by atoms with E-state index in [1.54, 1.807) is 17.1 Å². The Kier molecular flexibility index (Phi) is 11.3. The molecule has 7 nitrogen and oxygen atoms in total. The van der Waals surface area contributed by atoms with E-state index in [2.05, 4.69) is 46.2 Å². The van der Waals surface area contributed by atoms with Gasteiger partial charge in [0.2, 0.25) is 17.7 Å². The number of hydrogen-bond acceptors (Lipinski definition) is 4. The normalized spacial score (nSPS) is 20.5. The lowest BCUT2D eigenvalue weighted by atomic mass is 9.91. The van der Waals surface area contributed by atoms with Gasteiger partial charge in [0.1, 0.15) is 6.04 Å². The molecular formula is C27H46N4O3. The maximum Gasteiger partial charge on any atom is 0.245 e. The molecule has 1 N–H and O–H groups in total. The summed E-state index contributed by atoms with van der Waals surface area (Å²) in [7, 11) is 0. The number of nitrogens with one attached hydrogen (secondary N) is 1. The maximum absolute atomic E-state index is 13.6. The molecule has 2 heterocycles. The Labute approximate surface area is 206 Å². The van der Waals surface area contributed by atoms with Gasteiger partial charge in [0.05, 0.1) is 6.04 Å².